The number of fused-ring (bicyclic) bond motifs is 1. The first-order valence-corrected chi connectivity index (χ1v) is 8.67. The summed E-state index contributed by atoms with van der Waals surface area (Å²) in [6.45, 7) is 3.10. The summed E-state index contributed by atoms with van der Waals surface area (Å²) in [5.41, 5.74) is 2.75. The molecule has 1 nitrogen and oxygen atoms in total. The van der Waals surface area contributed by atoms with E-state index in [0.29, 0.717) is 6.04 Å². The molecule has 112 valence electrons. The number of thiophene rings is 1. The lowest BCUT2D eigenvalue weighted by atomic mass is 9.98. The number of hydrogen-bond donors (Lipinski definition) is 1. The molecule has 0 amide bonds. The molecule has 0 fully saturated rings. The molecule has 1 heterocycles. The fourth-order valence-corrected chi connectivity index (χ4v) is 4.39. The molecule has 0 bridgehead atoms. The maximum Gasteiger partial charge on any atom is 0.123 e. The van der Waals surface area contributed by atoms with Gasteiger partial charge in [0.25, 0.3) is 0 Å². The Bertz CT molecular complexity index is 564. The standard InChI is InChI=1S/C18H22FNS/c1-2-20-16(11-13-7-9-15(19)10-8-13)18-12-14-5-3-4-6-17(14)21-18/h7-10,12,16,20H,2-6,11H2,1H3. The second kappa shape index (κ2) is 6.71. The Balaban J connectivity index is 1.80. The van der Waals surface area contributed by atoms with Crippen LogP contribution < -0.4 is 5.32 Å². The monoisotopic (exact) mass is 303 g/mol. The molecule has 1 N–H and O–H groups in total. The van der Waals surface area contributed by atoms with Crippen molar-refractivity contribution in [3.8, 4) is 0 Å². The largest absolute Gasteiger partial charge is 0.309 e. The van der Waals surface area contributed by atoms with Crippen LogP contribution >= 0.6 is 11.3 Å². The molecule has 0 saturated heterocycles. The number of halogens is 1. The lowest BCUT2D eigenvalue weighted by Crippen LogP contribution is -2.22. The minimum absolute atomic E-state index is 0.162. The highest BCUT2D eigenvalue weighted by Crippen LogP contribution is 2.34. The first-order chi connectivity index (χ1) is 10.3. The zero-order valence-electron chi connectivity index (χ0n) is 12.5. The highest BCUT2D eigenvalue weighted by atomic mass is 32.1. The first-order valence-electron chi connectivity index (χ1n) is 7.85. The van der Waals surface area contributed by atoms with E-state index in [-0.39, 0.29) is 5.82 Å². The van der Waals surface area contributed by atoms with Crippen LogP contribution in [0.1, 0.15) is 46.7 Å². The van der Waals surface area contributed by atoms with Gasteiger partial charge in [0, 0.05) is 15.8 Å². The van der Waals surface area contributed by atoms with Gasteiger partial charge in [-0.1, -0.05) is 19.1 Å². The molecule has 0 spiro atoms. The molecule has 1 aromatic carbocycles. The van der Waals surface area contributed by atoms with Gasteiger partial charge in [-0.15, -0.1) is 11.3 Å². The maximum atomic E-state index is 13.0. The Morgan fingerprint density at radius 1 is 1.19 bits per heavy atom. The van der Waals surface area contributed by atoms with Gasteiger partial charge in [-0.25, -0.2) is 4.39 Å². The summed E-state index contributed by atoms with van der Waals surface area (Å²) < 4.78 is 13.0. The Morgan fingerprint density at radius 2 is 1.95 bits per heavy atom. The molecule has 1 unspecified atom stereocenters. The van der Waals surface area contributed by atoms with Crippen LogP contribution in [0.3, 0.4) is 0 Å². The predicted molar refractivity (Wildman–Crippen MR) is 87.5 cm³/mol. The molecule has 0 aliphatic heterocycles. The van der Waals surface area contributed by atoms with Crippen LogP contribution in [0.25, 0.3) is 0 Å². The van der Waals surface area contributed by atoms with Gasteiger partial charge < -0.3 is 5.32 Å². The normalized spacial score (nSPS) is 15.7. The highest BCUT2D eigenvalue weighted by Gasteiger charge is 2.19. The zero-order chi connectivity index (χ0) is 14.7. The third-order valence-electron chi connectivity index (χ3n) is 4.16. The number of benzene rings is 1. The summed E-state index contributed by atoms with van der Waals surface area (Å²) in [4.78, 5) is 3.02. The molecular formula is C18H22FNS. The average molecular weight is 303 g/mol. The second-order valence-electron chi connectivity index (χ2n) is 5.75. The van der Waals surface area contributed by atoms with Gasteiger partial charge in [0.1, 0.15) is 5.82 Å². The number of rotatable bonds is 5. The van der Waals surface area contributed by atoms with E-state index in [2.05, 4.69) is 18.3 Å². The van der Waals surface area contributed by atoms with E-state index in [0.717, 1.165) is 13.0 Å². The van der Waals surface area contributed by atoms with Crippen LogP contribution in [0.15, 0.2) is 30.3 Å². The minimum Gasteiger partial charge on any atom is -0.309 e. The summed E-state index contributed by atoms with van der Waals surface area (Å²) in [6.07, 6.45) is 6.06. The van der Waals surface area contributed by atoms with Gasteiger partial charge in [0.15, 0.2) is 0 Å². The Labute approximate surface area is 130 Å². The molecule has 1 aliphatic rings. The molecule has 3 heteroatoms. The quantitative estimate of drug-likeness (QED) is 0.847. The topological polar surface area (TPSA) is 12.0 Å². The van der Waals surface area contributed by atoms with Crippen molar-refractivity contribution in [1.29, 1.82) is 0 Å². The third-order valence-corrected chi connectivity index (χ3v) is 5.51. The average Bonchev–Trinajstić information content (AvgIpc) is 2.93. The van der Waals surface area contributed by atoms with Gasteiger partial charge in [0.2, 0.25) is 0 Å². The van der Waals surface area contributed by atoms with Crippen LogP contribution in [0.2, 0.25) is 0 Å². The summed E-state index contributed by atoms with van der Waals surface area (Å²) in [5.74, 6) is -0.162. The summed E-state index contributed by atoms with van der Waals surface area (Å²) in [6, 6.07) is 9.64. The van der Waals surface area contributed by atoms with Crippen LogP contribution in [-0.4, -0.2) is 6.54 Å². The minimum atomic E-state index is -0.162. The molecular weight excluding hydrogens is 281 g/mol. The van der Waals surface area contributed by atoms with Gasteiger partial charge in [-0.05, 0) is 68.0 Å². The van der Waals surface area contributed by atoms with E-state index < -0.39 is 0 Å². The van der Waals surface area contributed by atoms with E-state index in [1.165, 1.54) is 36.1 Å². The van der Waals surface area contributed by atoms with Crippen molar-refractivity contribution < 1.29 is 4.39 Å². The summed E-state index contributed by atoms with van der Waals surface area (Å²) in [7, 11) is 0. The Morgan fingerprint density at radius 3 is 2.67 bits per heavy atom. The second-order valence-corrected chi connectivity index (χ2v) is 6.91. The number of aryl methyl sites for hydroxylation is 2. The zero-order valence-corrected chi connectivity index (χ0v) is 13.3. The van der Waals surface area contributed by atoms with Crippen LogP contribution in [0.4, 0.5) is 4.39 Å². The molecule has 2 aromatic rings. The van der Waals surface area contributed by atoms with E-state index >= 15 is 0 Å². The lowest BCUT2D eigenvalue weighted by molar-refractivity contribution is 0.556. The van der Waals surface area contributed by atoms with Gasteiger partial charge >= 0.3 is 0 Å². The lowest BCUT2D eigenvalue weighted by Gasteiger charge is -2.16. The van der Waals surface area contributed by atoms with Crippen LogP contribution in [-0.2, 0) is 19.3 Å². The van der Waals surface area contributed by atoms with E-state index in [1.54, 1.807) is 22.6 Å². The molecule has 1 atom stereocenters. The van der Waals surface area contributed by atoms with Crippen molar-refractivity contribution in [1.82, 2.24) is 5.32 Å². The Kier molecular flexibility index (Phi) is 4.71. The third kappa shape index (κ3) is 3.53. The van der Waals surface area contributed by atoms with Crippen molar-refractivity contribution in [2.75, 3.05) is 6.54 Å². The predicted octanol–water partition coefficient (Wildman–Crippen LogP) is 4.66. The molecule has 21 heavy (non-hydrogen) atoms. The van der Waals surface area contributed by atoms with Crippen molar-refractivity contribution in [2.45, 2.75) is 45.1 Å². The van der Waals surface area contributed by atoms with E-state index in [9.17, 15) is 4.39 Å². The van der Waals surface area contributed by atoms with Gasteiger partial charge in [-0.3, -0.25) is 0 Å². The van der Waals surface area contributed by atoms with Crippen LogP contribution in [0.5, 0.6) is 0 Å². The molecule has 1 aromatic heterocycles. The Hall–Kier alpha value is -1.19. The maximum absolute atomic E-state index is 13.0. The van der Waals surface area contributed by atoms with Crippen LogP contribution in [0, 0.1) is 5.82 Å². The van der Waals surface area contributed by atoms with Crippen molar-refractivity contribution in [3.05, 3.63) is 57.0 Å². The summed E-state index contributed by atoms with van der Waals surface area (Å²) >= 11 is 1.97. The fourth-order valence-electron chi connectivity index (χ4n) is 3.06. The smallest absolute Gasteiger partial charge is 0.123 e. The summed E-state index contributed by atoms with van der Waals surface area (Å²) in [5, 5.41) is 3.59. The van der Waals surface area contributed by atoms with Crippen molar-refractivity contribution in [2.24, 2.45) is 0 Å². The fraction of sp³-hybridized carbons (Fsp3) is 0.444. The van der Waals surface area contributed by atoms with Gasteiger partial charge in [0.05, 0.1) is 0 Å². The number of nitrogens with one attached hydrogen (secondary N) is 1. The SMILES string of the molecule is CCNC(Cc1ccc(F)cc1)c1cc2c(s1)CCCC2. The molecule has 0 saturated carbocycles. The van der Waals surface area contributed by atoms with Crippen molar-refractivity contribution in [3.63, 3.8) is 0 Å². The number of hydrogen-bond acceptors (Lipinski definition) is 2. The van der Waals surface area contributed by atoms with E-state index in [4.69, 9.17) is 0 Å². The van der Waals surface area contributed by atoms with Gasteiger partial charge in [-0.2, -0.15) is 0 Å². The molecule has 1 aliphatic carbocycles. The molecule has 0 radical (unpaired) electrons. The number of likely N-dealkylation sites (N-methyl/N-ethyl adjacent to an activating group) is 1. The molecule has 3 rings (SSSR count). The highest BCUT2D eigenvalue weighted by molar-refractivity contribution is 7.12. The van der Waals surface area contributed by atoms with E-state index in [1.807, 2.05) is 23.5 Å². The first kappa shape index (κ1) is 14.7. The van der Waals surface area contributed by atoms with Crippen molar-refractivity contribution >= 4 is 11.3 Å².